The monoisotopic (exact) mass is 1920 g/mol. The van der Waals surface area contributed by atoms with E-state index in [-0.39, 0.29) is 35.8 Å². The second kappa shape index (κ2) is 40.4. The second-order valence-corrected chi connectivity index (χ2v) is 41.6. The van der Waals surface area contributed by atoms with Crippen LogP contribution in [0.5, 0.6) is 23.3 Å². The number of nitrogens with one attached hydrogen (secondary N) is 10. The van der Waals surface area contributed by atoms with Crippen LogP contribution in [0.1, 0.15) is 232 Å². The first-order chi connectivity index (χ1) is 68.9. The molecule has 14 aromatic rings. The highest BCUT2D eigenvalue weighted by Crippen LogP contribution is 2.43. The average molecular weight is 1920 g/mol. The number of carbonyl (C=O) groups is 4. The van der Waals surface area contributed by atoms with Crippen molar-refractivity contribution in [2.45, 2.75) is 249 Å². The van der Waals surface area contributed by atoms with Crippen molar-refractivity contribution in [2.24, 2.45) is 23.7 Å². The largest absolute Gasteiger partial charge is 0.437 e. The number of aromatic nitrogens is 14. The summed E-state index contributed by atoms with van der Waals surface area (Å²) in [5.74, 6) is 9.31. The van der Waals surface area contributed by atoms with Crippen LogP contribution in [0.2, 0.25) is 0 Å². The van der Waals surface area contributed by atoms with Crippen LogP contribution in [0.3, 0.4) is 0 Å². The SMILES string of the molecule is Cc1cc(-c2cnn3c(NCC4CC(C)(O)C4)cc(NC4CCCC4)nc23)ccc1C(=O)NC1CC1.Cc1cc(-c2cnn3c(NCC4CC(C)(O)C4)cc(Oc4cccnc4)nc23)ccc1C(=O)NC1CC1.Cc1cc(-c2cnn3c(NCC4CC4)cc(N[C@H]4CCCC[C@H]4O)nc23)ccc1C(=O)NC1CC1.Cc1cc(-c2cnn3c(NCC4CC4)cc(Oc4cccnc4)nc23)ccc1C(=O)NC1CC1. The number of amides is 4. The van der Waals surface area contributed by atoms with Gasteiger partial charge in [0.1, 0.15) is 46.4 Å². The maximum atomic E-state index is 12.6. The molecule has 2 atom stereocenters. The highest BCUT2D eigenvalue weighted by molar-refractivity contribution is 6.00. The van der Waals surface area contributed by atoms with E-state index < -0.39 is 11.2 Å². The molecule has 0 saturated heterocycles. The summed E-state index contributed by atoms with van der Waals surface area (Å²) < 4.78 is 19.4. The molecule has 736 valence electrons. The number of anilines is 6. The Morgan fingerprint density at radius 3 is 0.986 bits per heavy atom. The summed E-state index contributed by atoms with van der Waals surface area (Å²) in [5.41, 5.74) is 15.7. The fourth-order valence-corrected chi connectivity index (χ4v) is 19.8. The van der Waals surface area contributed by atoms with Gasteiger partial charge in [-0.25, -0.2) is 9.97 Å². The first kappa shape index (κ1) is 94.1. The summed E-state index contributed by atoms with van der Waals surface area (Å²) >= 11 is 0. The molecule has 0 aliphatic heterocycles. The number of hydrogen-bond donors (Lipinski definition) is 13. The van der Waals surface area contributed by atoms with Gasteiger partial charge in [-0.1, -0.05) is 74.2 Å². The molecule has 10 aliphatic carbocycles. The van der Waals surface area contributed by atoms with Crippen LogP contribution in [-0.4, -0.2) is 187 Å². The predicted molar refractivity (Wildman–Crippen MR) is 547 cm³/mol. The first-order valence-electron chi connectivity index (χ1n) is 50.9. The summed E-state index contributed by atoms with van der Waals surface area (Å²) in [7, 11) is 0. The van der Waals surface area contributed by atoms with Crippen molar-refractivity contribution < 1.29 is 44.0 Å². The predicted octanol–water partition coefficient (Wildman–Crippen LogP) is 17.6. The number of aliphatic hydroxyl groups is 3. The number of hydrogen-bond acceptors (Lipinski definition) is 25. The van der Waals surface area contributed by atoms with Crippen molar-refractivity contribution >= 4 is 81.1 Å². The molecule has 142 heavy (non-hydrogen) atoms. The molecule has 4 amide bonds. The smallest absolute Gasteiger partial charge is 0.251 e. The van der Waals surface area contributed by atoms with Gasteiger partial charge in [0.05, 0.1) is 60.5 Å². The molecule has 10 aliphatic rings. The van der Waals surface area contributed by atoms with Gasteiger partial charge in [0.25, 0.3) is 23.6 Å². The van der Waals surface area contributed by atoms with Crippen LogP contribution in [0, 0.1) is 51.4 Å². The zero-order valence-electron chi connectivity index (χ0n) is 81.4. The lowest BCUT2D eigenvalue weighted by atomic mass is 9.72. The molecule has 0 spiro atoms. The van der Waals surface area contributed by atoms with Crippen LogP contribution in [0.4, 0.5) is 34.9 Å². The summed E-state index contributed by atoms with van der Waals surface area (Å²) in [6.45, 7) is 15.0. The Morgan fingerprint density at radius 2 is 0.676 bits per heavy atom. The zero-order valence-corrected chi connectivity index (χ0v) is 81.4. The number of carbonyl (C=O) groups excluding carboxylic acids is 4. The Morgan fingerprint density at radius 1 is 0.359 bits per heavy atom. The van der Waals surface area contributed by atoms with Crippen molar-refractivity contribution in [2.75, 3.05) is 58.1 Å². The quantitative estimate of drug-likeness (QED) is 0.0186. The van der Waals surface area contributed by atoms with Gasteiger partial charge in [-0.05, 0) is 287 Å². The van der Waals surface area contributed by atoms with Gasteiger partial charge < -0.3 is 78.0 Å². The summed E-state index contributed by atoms with van der Waals surface area (Å²) in [5, 5.41) is 82.9. The van der Waals surface area contributed by atoms with Crippen LogP contribution >= 0.6 is 0 Å². The molecule has 33 heteroatoms. The molecule has 13 N–H and O–H groups in total. The highest BCUT2D eigenvalue weighted by atomic mass is 16.5. The third-order valence-corrected chi connectivity index (χ3v) is 28.7. The number of aryl methyl sites for hydroxylation is 4. The van der Waals surface area contributed by atoms with E-state index in [0.29, 0.717) is 106 Å². The van der Waals surface area contributed by atoms with Crippen molar-refractivity contribution in [1.29, 1.82) is 0 Å². The third-order valence-electron chi connectivity index (χ3n) is 28.7. The molecule has 0 bridgehead atoms. The van der Waals surface area contributed by atoms with E-state index in [0.717, 1.165) is 247 Å². The second-order valence-electron chi connectivity index (χ2n) is 41.6. The fourth-order valence-electron chi connectivity index (χ4n) is 19.8. The van der Waals surface area contributed by atoms with Gasteiger partial charge >= 0.3 is 0 Å². The Kier molecular flexibility index (Phi) is 26.8. The molecule has 4 aromatic carbocycles. The van der Waals surface area contributed by atoms with E-state index in [4.69, 9.17) is 29.4 Å². The third kappa shape index (κ3) is 22.7. The number of benzene rings is 4. The molecule has 10 heterocycles. The minimum atomic E-state index is -0.576. The highest BCUT2D eigenvalue weighted by Gasteiger charge is 2.40. The van der Waals surface area contributed by atoms with Crippen LogP contribution < -0.4 is 62.6 Å². The van der Waals surface area contributed by atoms with E-state index in [9.17, 15) is 34.5 Å². The number of aliphatic hydroxyl groups excluding tert-OH is 1. The Balaban J connectivity index is 0.000000112. The van der Waals surface area contributed by atoms with Gasteiger partial charge in [-0.2, -0.15) is 48.4 Å². The maximum Gasteiger partial charge on any atom is 0.251 e. The molecule has 10 fully saturated rings. The van der Waals surface area contributed by atoms with Gasteiger partial charge in [-0.3, -0.25) is 29.1 Å². The number of fused-ring (bicyclic) bond motifs is 4. The lowest BCUT2D eigenvalue weighted by molar-refractivity contribution is -0.0528. The summed E-state index contributed by atoms with van der Waals surface area (Å²) in [4.78, 5) is 78.1. The number of rotatable bonds is 32. The minimum Gasteiger partial charge on any atom is -0.437 e. The number of pyridine rings is 2. The minimum absolute atomic E-state index is 0.00127. The number of ether oxygens (including phenoxy) is 2. The van der Waals surface area contributed by atoms with Crippen molar-refractivity contribution in [3.05, 3.63) is 215 Å². The van der Waals surface area contributed by atoms with Crippen molar-refractivity contribution in [1.82, 2.24) is 89.6 Å². The number of nitrogens with zero attached hydrogens (tertiary/aromatic N) is 14. The molecular formula is C109H126N24O9. The van der Waals surface area contributed by atoms with Crippen LogP contribution in [-0.2, 0) is 0 Å². The normalized spacial score (nSPS) is 20.7. The maximum absolute atomic E-state index is 12.6. The summed E-state index contributed by atoms with van der Waals surface area (Å²) in [6, 6.07) is 40.4. The average Bonchev–Trinajstić information content (AvgIpc) is 1.64. The van der Waals surface area contributed by atoms with Crippen LogP contribution in [0.25, 0.3) is 67.1 Å². The Labute approximate surface area is 824 Å². The summed E-state index contributed by atoms with van der Waals surface area (Å²) in [6.07, 6.45) is 39.2. The van der Waals surface area contributed by atoms with E-state index >= 15 is 0 Å². The fraction of sp³-hybridized carbons (Fsp3) is 0.431. The van der Waals surface area contributed by atoms with Gasteiger partial charge in [0.15, 0.2) is 22.6 Å². The standard InChI is InChI=1S/C28H30N6O3.C28H36N6O2.C27H34N6O2.C26H26N6O2/c1-17-10-19(5-8-22(17)27(35)32-20-6-7-20)23-16-31-34-24(30-14-18-12-28(2,36)13-18)11-25(33-26(23)34)37-21-4-3-9-29-15-21;1-17-11-19(7-10-22(17)27(35)32-21-8-9-21)23-16-30-34-25(29-15-18-13-28(2,36)14-18)12-24(33-26(23)34)31-20-5-3-4-6-20;1-16-12-18(8-11-20(16)27(35)30-19-9-10-19)21-15-29-33-25(28-14-17-6-7-17)13-24(32-26(21)33)31-22-4-2-3-5-23(22)34;1-16-11-18(6-9-21(16)26(33)30-19-7-8-19)22-15-29-32-23(28-13-17-4-5-17)12-24(31-25(22)32)34-20-3-2-10-27-14-20/h3-5,8-11,15-16,18,20,30,36H,6-7,12-14H2,1-2H3,(H,32,35);7,10-12,16,18,20-21,29,36H,3-6,8-9,13-15H2,1-2H3,(H,31,33)(H,32,35);8,11-13,15,17,19,22-23,28,34H,2-7,9-10,14H2,1H3,(H,30,35)(H,31,32);2-3,6,9-12,14-15,17,19,28H,4-5,7-8,13H2,1H3,(H,30,33)/t;;22-,23+;/m..0./s1. The molecule has 10 saturated carbocycles. The van der Waals surface area contributed by atoms with Gasteiger partial charge in [0, 0.05) is 138 Å². The molecule has 0 radical (unpaired) electrons. The topological polar surface area (TPSA) is 414 Å². The zero-order chi connectivity index (χ0) is 97.4. The van der Waals surface area contributed by atoms with E-state index in [1.807, 2.05) is 183 Å². The Hall–Kier alpha value is -14.2. The van der Waals surface area contributed by atoms with Crippen molar-refractivity contribution in [3.63, 3.8) is 0 Å². The lowest BCUT2D eigenvalue weighted by Crippen LogP contribution is -2.43. The van der Waals surface area contributed by atoms with Crippen molar-refractivity contribution in [3.8, 4) is 67.8 Å². The van der Waals surface area contributed by atoms with E-state index in [1.54, 1.807) is 35.5 Å². The van der Waals surface area contributed by atoms with Crippen LogP contribution in [0.15, 0.2) is 171 Å². The lowest BCUT2D eigenvalue weighted by Gasteiger charge is -2.41. The van der Waals surface area contributed by atoms with E-state index in [1.165, 1.54) is 51.4 Å². The molecule has 10 aromatic heterocycles. The molecule has 0 unspecified atom stereocenters. The van der Waals surface area contributed by atoms with Gasteiger partial charge in [0.2, 0.25) is 11.8 Å². The first-order valence-corrected chi connectivity index (χ1v) is 50.9. The molecule has 33 nitrogen and oxygen atoms in total. The van der Waals surface area contributed by atoms with E-state index in [2.05, 4.69) is 95.7 Å². The molecular weight excluding hydrogens is 1790 g/mol. The Bertz CT molecular complexity index is 6990. The van der Waals surface area contributed by atoms with Gasteiger partial charge in [-0.15, -0.1) is 0 Å². The molecule has 24 rings (SSSR count).